The summed E-state index contributed by atoms with van der Waals surface area (Å²) in [5, 5.41) is 0. The highest BCUT2D eigenvalue weighted by atomic mass is 32.2. The lowest BCUT2D eigenvalue weighted by Crippen LogP contribution is -2.55. The summed E-state index contributed by atoms with van der Waals surface area (Å²) in [6.45, 7) is 15.5. The van der Waals surface area contributed by atoms with Crippen molar-refractivity contribution in [2.75, 3.05) is 25.9 Å². The van der Waals surface area contributed by atoms with Crippen molar-refractivity contribution < 1.29 is 0 Å². The van der Waals surface area contributed by atoms with Gasteiger partial charge in [-0.3, -0.25) is 4.90 Å². The van der Waals surface area contributed by atoms with Crippen LogP contribution in [0.5, 0.6) is 0 Å². The number of hydrogen-bond donors (Lipinski definition) is 1. The molecule has 0 amide bonds. The lowest BCUT2D eigenvalue weighted by atomic mass is 9.84. The second-order valence-corrected chi connectivity index (χ2v) is 12.9. The van der Waals surface area contributed by atoms with Gasteiger partial charge < -0.3 is 9.88 Å². The molecule has 5 rings (SSSR count). The number of nitrogens with one attached hydrogen (secondary N) is 1. The third-order valence-electron chi connectivity index (χ3n) is 8.92. The molecule has 3 unspecified atom stereocenters. The van der Waals surface area contributed by atoms with Gasteiger partial charge in [0.1, 0.15) is 5.82 Å². The van der Waals surface area contributed by atoms with Crippen LogP contribution >= 0.6 is 11.8 Å². The average molecular weight is 519 g/mol. The van der Waals surface area contributed by atoms with E-state index in [1.165, 1.54) is 73.3 Å². The van der Waals surface area contributed by atoms with Crippen LogP contribution in [0.15, 0.2) is 41.3 Å². The standard InChI is InChI=1S/C32H46N4S/c1-7-27-19-28(17-23(5)36(27)20-21(2)3)35-14-12-24(13-15-35)26-16-22(4)31-30(18-26)33-32(34-31)25-8-10-29(37-6)11-9-25/h8-11,16,18,21,23-24,27-28H,7,12-15,17,19-20H2,1-6H3,(H,33,34). The number of H-pyrrole nitrogens is 1. The predicted molar refractivity (Wildman–Crippen MR) is 160 cm³/mol. The summed E-state index contributed by atoms with van der Waals surface area (Å²) in [5.41, 5.74) is 6.22. The van der Waals surface area contributed by atoms with E-state index in [-0.39, 0.29) is 0 Å². The van der Waals surface area contributed by atoms with E-state index in [4.69, 9.17) is 4.98 Å². The minimum Gasteiger partial charge on any atom is -0.338 e. The third-order valence-corrected chi connectivity index (χ3v) is 9.66. The Labute approximate surface area is 228 Å². The van der Waals surface area contributed by atoms with Crippen molar-refractivity contribution in [1.29, 1.82) is 0 Å². The Morgan fingerprint density at radius 1 is 1.08 bits per heavy atom. The molecule has 3 aromatic rings. The number of nitrogens with zero attached hydrogens (tertiary/aromatic N) is 3. The summed E-state index contributed by atoms with van der Waals surface area (Å²) in [4.78, 5) is 15.5. The molecule has 2 fully saturated rings. The molecule has 5 heteroatoms. The molecule has 0 aliphatic carbocycles. The monoisotopic (exact) mass is 518 g/mol. The smallest absolute Gasteiger partial charge is 0.138 e. The Kier molecular flexibility index (Phi) is 8.33. The topological polar surface area (TPSA) is 35.2 Å². The number of aromatic amines is 1. The van der Waals surface area contributed by atoms with E-state index in [0.717, 1.165) is 34.9 Å². The average Bonchev–Trinajstić information content (AvgIpc) is 3.34. The van der Waals surface area contributed by atoms with E-state index in [2.05, 4.69) is 92.1 Å². The number of hydrogen-bond acceptors (Lipinski definition) is 4. The maximum atomic E-state index is 4.97. The lowest BCUT2D eigenvalue weighted by Gasteiger charge is -2.49. The number of likely N-dealkylation sites (tertiary alicyclic amines) is 2. The number of rotatable bonds is 7. The summed E-state index contributed by atoms with van der Waals surface area (Å²) >= 11 is 1.77. The molecule has 3 heterocycles. The van der Waals surface area contributed by atoms with Crippen molar-refractivity contribution in [3.8, 4) is 11.4 Å². The normalized spacial score (nSPS) is 24.4. The van der Waals surface area contributed by atoms with Crippen molar-refractivity contribution in [1.82, 2.24) is 19.8 Å². The minimum atomic E-state index is 0.646. The number of imidazole rings is 1. The molecule has 2 aromatic carbocycles. The molecule has 2 saturated heterocycles. The molecule has 0 bridgehead atoms. The highest BCUT2D eigenvalue weighted by molar-refractivity contribution is 7.98. The van der Waals surface area contributed by atoms with Gasteiger partial charge in [0, 0.05) is 35.1 Å². The first kappa shape index (κ1) is 26.8. The Balaban J connectivity index is 1.26. The van der Waals surface area contributed by atoms with Gasteiger partial charge in [0.15, 0.2) is 0 Å². The molecule has 1 aromatic heterocycles. The molecule has 37 heavy (non-hydrogen) atoms. The van der Waals surface area contributed by atoms with Gasteiger partial charge in [-0.05, 0) is 106 Å². The van der Waals surface area contributed by atoms with E-state index in [1.807, 2.05) is 0 Å². The number of benzene rings is 2. The molecule has 2 aliphatic heterocycles. The molecule has 3 atom stereocenters. The predicted octanol–water partition coefficient (Wildman–Crippen LogP) is 7.73. The maximum Gasteiger partial charge on any atom is 0.138 e. The molecule has 2 aliphatic rings. The van der Waals surface area contributed by atoms with Gasteiger partial charge in [0.05, 0.1) is 11.0 Å². The summed E-state index contributed by atoms with van der Waals surface area (Å²) < 4.78 is 0. The molecule has 1 N–H and O–H groups in total. The highest BCUT2D eigenvalue weighted by Crippen LogP contribution is 2.36. The van der Waals surface area contributed by atoms with Crippen molar-refractivity contribution in [2.45, 2.75) is 95.7 Å². The number of fused-ring (bicyclic) bond motifs is 1. The molecule has 4 nitrogen and oxygen atoms in total. The highest BCUT2D eigenvalue weighted by Gasteiger charge is 2.36. The second-order valence-electron chi connectivity index (χ2n) is 12.0. The SMILES string of the molecule is CCC1CC(N2CCC(c3cc(C)c4nc(-c5ccc(SC)cc5)[nH]c4c3)CC2)CC(C)N1CC(C)C. The summed E-state index contributed by atoms with van der Waals surface area (Å²) in [7, 11) is 0. The van der Waals surface area contributed by atoms with Gasteiger partial charge >= 0.3 is 0 Å². The third kappa shape index (κ3) is 5.79. The first-order valence-electron chi connectivity index (χ1n) is 14.5. The van der Waals surface area contributed by atoms with Gasteiger partial charge in [0.25, 0.3) is 0 Å². The molecule has 0 saturated carbocycles. The van der Waals surface area contributed by atoms with E-state index in [1.54, 1.807) is 11.8 Å². The Morgan fingerprint density at radius 2 is 1.81 bits per heavy atom. The zero-order chi connectivity index (χ0) is 26.1. The van der Waals surface area contributed by atoms with Gasteiger partial charge in [-0.25, -0.2) is 4.98 Å². The molecule has 0 radical (unpaired) electrons. The van der Waals surface area contributed by atoms with Gasteiger partial charge in [0.2, 0.25) is 0 Å². The number of piperidine rings is 2. The van der Waals surface area contributed by atoms with Gasteiger partial charge in [-0.1, -0.05) is 39.0 Å². The zero-order valence-electron chi connectivity index (χ0n) is 23.8. The van der Waals surface area contributed by atoms with Crippen LogP contribution in [-0.2, 0) is 0 Å². The quantitative estimate of drug-likeness (QED) is 0.325. The largest absolute Gasteiger partial charge is 0.338 e. The molecular weight excluding hydrogens is 472 g/mol. The molecular formula is C32H46N4S. The fourth-order valence-corrected chi connectivity index (χ4v) is 7.33. The Bertz CT molecular complexity index is 1180. The number of thioether (sulfide) groups is 1. The first-order valence-corrected chi connectivity index (χ1v) is 15.7. The summed E-state index contributed by atoms with van der Waals surface area (Å²) in [6, 6.07) is 15.7. The van der Waals surface area contributed by atoms with Crippen LogP contribution in [0.3, 0.4) is 0 Å². The van der Waals surface area contributed by atoms with Crippen LogP contribution in [0.2, 0.25) is 0 Å². The Morgan fingerprint density at radius 3 is 2.46 bits per heavy atom. The summed E-state index contributed by atoms with van der Waals surface area (Å²) in [6.07, 6.45) is 8.59. The molecule has 200 valence electrons. The van der Waals surface area contributed by atoms with Crippen LogP contribution < -0.4 is 0 Å². The zero-order valence-corrected chi connectivity index (χ0v) is 24.6. The number of aromatic nitrogens is 2. The van der Waals surface area contributed by atoms with E-state index >= 15 is 0 Å². The van der Waals surface area contributed by atoms with Crippen LogP contribution in [0.25, 0.3) is 22.4 Å². The summed E-state index contributed by atoms with van der Waals surface area (Å²) in [5.74, 6) is 2.37. The van der Waals surface area contributed by atoms with Crippen LogP contribution in [0.4, 0.5) is 0 Å². The van der Waals surface area contributed by atoms with Crippen molar-refractivity contribution in [3.05, 3.63) is 47.5 Å². The van der Waals surface area contributed by atoms with Crippen LogP contribution in [0, 0.1) is 12.8 Å². The minimum absolute atomic E-state index is 0.646. The lowest BCUT2D eigenvalue weighted by molar-refractivity contribution is 0.0113. The van der Waals surface area contributed by atoms with Crippen LogP contribution in [0.1, 0.15) is 76.8 Å². The van der Waals surface area contributed by atoms with Crippen molar-refractivity contribution in [2.24, 2.45) is 5.92 Å². The van der Waals surface area contributed by atoms with Crippen molar-refractivity contribution >= 4 is 22.8 Å². The van der Waals surface area contributed by atoms with Crippen LogP contribution in [-0.4, -0.2) is 63.8 Å². The van der Waals surface area contributed by atoms with E-state index in [0.29, 0.717) is 12.0 Å². The number of aryl methyl sites for hydroxylation is 1. The van der Waals surface area contributed by atoms with Gasteiger partial charge in [-0.2, -0.15) is 0 Å². The second kappa shape index (κ2) is 11.5. The van der Waals surface area contributed by atoms with Crippen molar-refractivity contribution in [3.63, 3.8) is 0 Å². The first-order chi connectivity index (χ1) is 17.9. The Hall–Kier alpha value is -1.82. The van der Waals surface area contributed by atoms with E-state index in [9.17, 15) is 0 Å². The molecule has 0 spiro atoms. The fraction of sp³-hybridized carbons (Fsp3) is 0.594. The van der Waals surface area contributed by atoms with E-state index < -0.39 is 0 Å². The maximum absolute atomic E-state index is 4.97. The fourth-order valence-electron chi connectivity index (χ4n) is 6.92. The van der Waals surface area contributed by atoms with Gasteiger partial charge in [-0.15, -0.1) is 11.8 Å².